The molecule has 2 nitrogen and oxygen atoms in total. The van der Waals surface area contributed by atoms with Crippen molar-refractivity contribution >= 4 is 11.6 Å². The van der Waals surface area contributed by atoms with E-state index >= 15 is 0 Å². The number of nitrogens with one attached hydrogen (secondary N) is 1. The fraction of sp³-hybridized carbons (Fsp3) is 0.600. The first-order valence-electron chi connectivity index (χ1n) is 6.83. The summed E-state index contributed by atoms with van der Waals surface area (Å²) in [4.78, 5) is 0. The van der Waals surface area contributed by atoms with E-state index in [2.05, 4.69) is 12.2 Å². The van der Waals surface area contributed by atoms with Gasteiger partial charge in [-0.1, -0.05) is 23.7 Å². The van der Waals surface area contributed by atoms with Crippen molar-refractivity contribution in [2.24, 2.45) is 0 Å². The monoisotopic (exact) mass is 267 g/mol. The Bertz CT molecular complexity index is 365. The van der Waals surface area contributed by atoms with Crippen molar-refractivity contribution in [1.82, 2.24) is 5.32 Å². The maximum Gasteiger partial charge on any atom is 0.0721 e. The quantitative estimate of drug-likeness (QED) is 0.724. The Morgan fingerprint density at radius 3 is 3.00 bits per heavy atom. The first-order valence-corrected chi connectivity index (χ1v) is 7.21. The second-order valence-corrected chi connectivity index (χ2v) is 5.56. The number of hydrogen-bond donors (Lipinski definition) is 1. The van der Waals surface area contributed by atoms with Gasteiger partial charge in [-0.25, -0.2) is 0 Å². The van der Waals surface area contributed by atoms with E-state index in [0.29, 0.717) is 12.7 Å². The molecule has 1 saturated carbocycles. The molecule has 1 atom stereocenters. The van der Waals surface area contributed by atoms with Crippen LogP contribution in [0.15, 0.2) is 24.3 Å². The largest absolute Gasteiger partial charge is 0.374 e. The number of halogens is 1. The SMILES string of the molecule is CC(CCCNC1CC1)OCc1cccc(Cl)c1. The molecule has 18 heavy (non-hydrogen) atoms. The van der Waals surface area contributed by atoms with Gasteiger partial charge in [0.15, 0.2) is 0 Å². The fourth-order valence-corrected chi connectivity index (χ4v) is 2.14. The molecule has 3 heteroatoms. The van der Waals surface area contributed by atoms with Gasteiger partial charge < -0.3 is 10.1 Å². The predicted molar refractivity (Wildman–Crippen MR) is 76.0 cm³/mol. The molecule has 0 aliphatic heterocycles. The van der Waals surface area contributed by atoms with Crippen molar-refractivity contribution < 1.29 is 4.74 Å². The summed E-state index contributed by atoms with van der Waals surface area (Å²) in [6.45, 7) is 3.91. The summed E-state index contributed by atoms with van der Waals surface area (Å²) in [5, 5.41) is 4.30. The van der Waals surface area contributed by atoms with Crippen molar-refractivity contribution in [3.63, 3.8) is 0 Å². The standard InChI is InChI=1S/C15H22ClNO/c1-12(4-3-9-17-15-7-8-15)18-11-13-5-2-6-14(16)10-13/h2,5-6,10,12,15,17H,3-4,7-9,11H2,1H3. The second-order valence-electron chi connectivity index (χ2n) is 5.12. The Hall–Kier alpha value is -0.570. The van der Waals surface area contributed by atoms with Crippen LogP contribution in [0, 0.1) is 0 Å². The van der Waals surface area contributed by atoms with E-state index in [1.54, 1.807) is 0 Å². The molecule has 0 saturated heterocycles. The first-order chi connectivity index (χ1) is 8.74. The van der Waals surface area contributed by atoms with E-state index in [0.717, 1.165) is 29.6 Å². The molecule has 0 aromatic heterocycles. The van der Waals surface area contributed by atoms with Crippen LogP contribution in [0.5, 0.6) is 0 Å². The van der Waals surface area contributed by atoms with Crippen LogP contribution in [0.1, 0.15) is 38.2 Å². The van der Waals surface area contributed by atoms with Gasteiger partial charge in [0.1, 0.15) is 0 Å². The average molecular weight is 268 g/mol. The number of rotatable bonds is 8. The zero-order valence-corrected chi connectivity index (χ0v) is 11.7. The molecule has 1 N–H and O–H groups in total. The van der Waals surface area contributed by atoms with Crippen LogP contribution >= 0.6 is 11.6 Å². The predicted octanol–water partition coefficient (Wildman–Crippen LogP) is 3.78. The van der Waals surface area contributed by atoms with Crippen LogP contribution in [-0.4, -0.2) is 18.7 Å². The van der Waals surface area contributed by atoms with Crippen LogP contribution in [-0.2, 0) is 11.3 Å². The van der Waals surface area contributed by atoms with Gasteiger partial charge in [0.25, 0.3) is 0 Å². The average Bonchev–Trinajstić information content (AvgIpc) is 3.16. The highest BCUT2D eigenvalue weighted by molar-refractivity contribution is 6.30. The van der Waals surface area contributed by atoms with E-state index < -0.39 is 0 Å². The molecule has 0 amide bonds. The van der Waals surface area contributed by atoms with Gasteiger partial charge >= 0.3 is 0 Å². The van der Waals surface area contributed by atoms with Crippen LogP contribution in [0.2, 0.25) is 5.02 Å². The lowest BCUT2D eigenvalue weighted by molar-refractivity contribution is 0.0463. The molecule has 100 valence electrons. The fourth-order valence-electron chi connectivity index (χ4n) is 1.93. The maximum atomic E-state index is 5.93. The normalized spacial score (nSPS) is 16.8. The third-order valence-electron chi connectivity index (χ3n) is 3.22. The third-order valence-corrected chi connectivity index (χ3v) is 3.46. The molecule has 0 bridgehead atoms. The lowest BCUT2D eigenvalue weighted by Gasteiger charge is -2.13. The molecule has 0 spiro atoms. The van der Waals surface area contributed by atoms with Gasteiger partial charge in [-0.15, -0.1) is 0 Å². The summed E-state index contributed by atoms with van der Waals surface area (Å²) in [6, 6.07) is 8.67. The molecule has 1 fully saturated rings. The number of ether oxygens (including phenoxy) is 1. The highest BCUT2D eigenvalue weighted by atomic mass is 35.5. The van der Waals surface area contributed by atoms with E-state index in [4.69, 9.17) is 16.3 Å². The smallest absolute Gasteiger partial charge is 0.0721 e. The zero-order valence-electron chi connectivity index (χ0n) is 11.0. The summed E-state index contributed by atoms with van der Waals surface area (Å²) < 4.78 is 5.82. The molecule has 0 heterocycles. The Kier molecular flexibility index (Phi) is 5.48. The third kappa shape index (κ3) is 5.38. The molecule has 1 unspecified atom stereocenters. The number of benzene rings is 1. The van der Waals surface area contributed by atoms with Gasteiger partial charge in [0.05, 0.1) is 12.7 Å². The summed E-state index contributed by atoms with van der Waals surface area (Å²) in [7, 11) is 0. The molecule has 0 radical (unpaired) electrons. The molecule has 1 aliphatic carbocycles. The Morgan fingerprint density at radius 1 is 1.44 bits per heavy atom. The maximum absolute atomic E-state index is 5.93. The molecule has 1 aliphatic rings. The van der Waals surface area contributed by atoms with Crippen molar-refractivity contribution in [2.45, 2.75) is 51.4 Å². The summed E-state index contributed by atoms with van der Waals surface area (Å²) in [6.07, 6.45) is 5.33. The first kappa shape index (κ1) is 13.9. The van der Waals surface area contributed by atoms with Gasteiger partial charge in [0, 0.05) is 11.1 Å². The van der Waals surface area contributed by atoms with Gasteiger partial charge in [0.2, 0.25) is 0 Å². The minimum atomic E-state index is 0.310. The number of hydrogen-bond acceptors (Lipinski definition) is 2. The molecular formula is C15H22ClNO. The molecule has 1 aromatic rings. The van der Waals surface area contributed by atoms with E-state index in [9.17, 15) is 0 Å². The van der Waals surface area contributed by atoms with E-state index in [1.165, 1.54) is 19.3 Å². The van der Waals surface area contributed by atoms with Crippen molar-refractivity contribution in [3.8, 4) is 0 Å². The van der Waals surface area contributed by atoms with Crippen molar-refractivity contribution in [1.29, 1.82) is 0 Å². The van der Waals surface area contributed by atoms with Crippen molar-refractivity contribution in [3.05, 3.63) is 34.9 Å². The van der Waals surface area contributed by atoms with Crippen LogP contribution in [0.25, 0.3) is 0 Å². The van der Waals surface area contributed by atoms with Crippen LogP contribution in [0.4, 0.5) is 0 Å². The minimum absolute atomic E-state index is 0.310. The van der Waals surface area contributed by atoms with E-state index in [1.807, 2.05) is 24.3 Å². The van der Waals surface area contributed by atoms with Gasteiger partial charge in [-0.3, -0.25) is 0 Å². The van der Waals surface area contributed by atoms with Crippen LogP contribution < -0.4 is 5.32 Å². The van der Waals surface area contributed by atoms with Crippen LogP contribution in [0.3, 0.4) is 0 Å². The topological polar surface area (TPSA) is 21.3 Å². The highest BCUT2D eigenvalue weighted by Gasteiger charge is 2.19. The Balaban J connectivity index is 1.57. The molecule has 1 aromatic carbocycles. The highest BCUT2D eigenvalue weighted by Crippen LogP contribution is 2.18. The van der Waals surface area contributed by atoms with Crippen molar-refractivity contribution in [2.75, 3.05) is 6.54 Å². The summed E-state index contributed by atoms with van der Waals surface area (Å²) in [5.41, 5.74) is 1.14. The van der Waals surface area contributed by atoms with Gasteiger partial charge in [-0.05, 0) is 56.8 Å². The Morgan fingerprint density at radius 2 is 2.28 bits per heavy atom. The van der Waals surface area contributed by atoms with E-state index in [-0.39, 0.29) is 0 Å². The Labute approximate surface area is 115 Å². The zero-order chi connectivity index (χ0) is 12.8. The lowest BCUT2D eigenvalue weighted by atomic mass is 10.2. The van der Waals surface area contributed by atoms with Gasteiger partial charge in [-0.2, -0.15) is 0 Å². The molecular weight excluding hydrogens is 246 g/mol. The lowest BCUT2D eigenvalue weighted by Crippen LogP contribution is -2.19. The summed E-state index contributed by atoms with van der Waals surface area (Å²) in [5.74, 6) is 0. The summed E-state index contributed by atoms with van der Waals surface area (Å²) >= 11 is 5.93. The second kappa shape index (κ2) is 7.13. The molecule has 2 rings (SSSR count). The minimum Gasteiger partial charge on any atom is -0.374 e.